The van der Waals surface area contributed by atoms with Crippen LogP contribution in [0, 0.1) is 0 Å². The number of para-hydroxylation sites is 1. The minimum Gasteiger partial charge on any atom is -0.309 e. The second kappa shape index (κ2) is 12.0. The summed E-state index contributed by atoms with van der Waals surface area (Å²) in [4.78, 5) is 10.2. The summed E-state index contributed by atoms with van der Waals surface area (Å²) in [5.41, 5.74) is 11.8. The third-order valence-electron chi connectivity index (χ3n) is 12.0. The lowest BCUT2D eigenvalue weighted by Gasteiger charge is -2.16. The van der Waals surface area contributed by atoms with Crippen LogP contribution in [0.5, 0.6) is 0 Å². The fourth-order valence-corrected chi connectivity index (χ4v) is 9.49. The van der Waals surface area contributed by atoms with E-state index in [4.69, 9.17) is 9.98 Å². The van der Waals surface area contributed by atoms with Crippen LogP contribution in [0.2, 0.25) is 0 Å². The molecule has 4 nitrogen and oxygen atoms in total. The maximum Gasteiger partial charge on any atom is 0.160 e. The Labute approximate surface area is 328 Å². The van der Waals surface area contributed by atoms with Gasteiger partial charge in [0.05, 0.1) is 39.0 Å². The lowest BCUT2D eigenvalue weighted by atomic mass is 9.98. The van der Waals surface area contributed by atoms with Gasteiger partial charge in [-0.3, -0.25) is 0 Å². The SMILES string of the molecule is C=C(N=C(N=C(C)c1ccc(-n2c3ccc4cccc5c4c3c3c4c(ccc6c7ccccc7n5c64)ccc32)c2ccccc12)c1ccccc1)c1ccccc1. The Morgan fingerprint density at radius 2 is 1.05 bits per heavy atom. The Hall–Kier alpha value is -7.56. The van der Waals surface area contributed by atoms with Crippen LogP contribution in [0.15, 0.2) is 192 Å². The first-order valence-corrected chi connectivity index (χ1v) is 19.5. The van der Waals surface area contributed by atoms with E-state index in [1.165, 1.54) is 70.7 Å². The van der Waals surface area contributed by atoms with Crippen molar-refractivity contribution in [2.45, 2.75) is 6.92 Å². The van der Waals surface area contributed by atoms with Crippen LogP contribution >= 0.6 is 0 Å². The minimum atomic E-state index is 0.630. The number of aromatic nitrogens is 2. The van der Waals surface area contributed by atoms with E-state index in [9.17, 15) is 0 Å². The number of hydrogen-bond donors (Lipinski definition) is 0. The van der Waals surface area contributed by atoms with Gasteiger partial charge in [-0.2, -0.15) is 0 Å². The largest absolute Gasteiger partial charge is 0.309 e. The maximum atomic E-state index is 5.24. The molecule has 3 heterocycles. The summed E-state index contributed by atoms with van der Waals surface area (Å²) in [6, 6.07) is 63.0. The third kappa shape index (κ3) is 4.50. The first-order chi connectivity index (χ1) is 28.1. The molecule has 0 aliphatic heterocycles. The highest BCUT2D eigenvalue weighted by molar-refractivity contribution is 6.38. The number of aliphatic imine (C=N–C) groups is 2. The molecule has 57 heavy (non-hydrogen) atoms. The normalized spacial score (nSPS) is 12.9. The lowest BCUT2D eigenvalue weighted by molar-refractivity contribution is 1.20. The summed E-state index contributed by atoms with van der Waals surface area (Å²) >= 11 is 0. The number of hydrogen-bond acceptors (Lipinski definition) is 1. The van der Waals surface area contributed by atoms with E-state index < -0.39 is 0 Å². The molecule has 4 heteroatoms. The van der Waals surface area contributed by atoms with Crippen molar-refractivity contribution in [1.82, 2.24) is 8.97 Å². The third-order valence-corrected chi connectivity index (χ3v) is 12.0. The molecule has 0 radical (unpaired) electrons. The standard InChI is InChI=1S/C53H34N4/c1-32(34-14-5-3-6-15-34)54-53(37-16-7-4-8-17-37)55-33(2)38-28-31-44(40-20-10-9-19-39(38)40)56-46-29-25-35-18-13-23-45-48(35)50(46)51-47(56)30-26-36-24-27-42-41-21-11-12-22-43(41)57(45)52(42)49(36)51/h3-31H,1H2,2H3. The van der Waals surface area contributed by atoms with Crippen LogP contribution < -0.4 is 0 Å². The van der Waals surface area contributed by atoms with E-state index in [-0.39, 0.29) is 0 Å². The van der Waals surface area contributed by atoms with Crippen LogP contribution in [-0.2, 0) is 0 Å². The second-order valence-corrected chi connectivity index (χ2v) is 15.0. The zero-order valence-electron chi connectivity index (χ0n) is 31.2. The molecule has 0 N–H and O–H groups in total. The zero-order valence-corrected chi connectivity index (χ0v) is 31.2. The van der Waals surface area contributed by atoms with E-state index in [1.807, 2.05) is 48.5 Å². The van der Waals surface area contributed by atoms with Gasteiger partial charge in [-0.1, -0.05) is 152 Å². The molecule has 266 valence electrons. The molecule has 0 bridgehead atoms. The number of benzene rings is 9. The van der Waals surface area contributed by atoms with E-state index in [0.29, 0.717) is 11.5 Å². The predicted octanol–water partition coefficient (Wildman–Crippen LogP) is 13.6. The highest BCUT2D eigenvalue weighted by Crippen LogP contribution is 2.48. The molecule has 0 aliphatic carbocycles. The zero-order chi connectivity index (χ0) is 37.8. The quantitative estimate of drug-likeness (QED) is 0.125. The summed E-state index contributed by atoms with van der Waals surface area (Å²) in [6.45, 7) is 6.40. The van der Waals surface area contributed by atoms with Gasteiger partial charge >= 0.3 is 0 Å². The van der Waals surface area contributed by atoms with E-state index >= 15 is 0 Å². The van der Waals surface area contributed by atoms with Crippen molar-refractivity contribution in [2.24, 2.45) is 9.98 Å². The fraction of sp³-hybridized carbons (Fsp3) is 0.0189. The van der Waals surface area contributed by atoms with Crippen LogP contribution in [0.4, 0.5) is 0 Å². The molecule has 0 spiro atoms. The van der Waals surface area contributed by atoms with Crippen molar-refractivity contribution in [1.29, 1.82) is 0 Å². The minimum absolute atomic E-state index is 0.630. The number of rotatable bonds is 5. The molecule has 12 rings (SSSR count). The fourth-order valence-electron chi connectivity index (χ4n) is 9.49. The van der Waals surface area contributed by atoms with Crippen LogP contribution in [0.1, 0.15) is 23.6 Å². The van der Waals surface area contributed by atoms with Gasteiger partial charge in [-0.05, 0) is 59.0 Å². The summed E-state index contributed by atoms with van der Waals surface area (Å²) in [6.07, 6.45) is 0. The first kappa shape index (κ1) is 31.8. The molecular weight excluding hydrogens is 693 g/mol. The van der Waals surface area contributed by atoms with Crippen LogP contribution in [-0.4, -0.2) is 20.5 Å². The van der Waals surface area contributed by atoms with Gasteiger partial charge in [-0.25, -0.2) is 9.98 Å². The highest BCUT2D eigenvalue weighted by Gasteiger charge is 2.25. The summed E-state index contributed by atoms with van der Waals surface area (Å²) < 4.78 is 5.02. The Kier molecular flexibility index (Phi) is 6.67. The molecular formula is C53H34N4. The van der Waals surface area contributed by atoms with Gasteiger partial charge in [0, 0.05) is 54.5 Å². The monoisotopic (exact) mass is 726 g/mol. The van der Waals surface area contributed by atoms with Gasteiger partial charge < -0.3 is 8.97 Å². The number of nitrogens with zero attached hydrogens (tertiary/aromatic N) is 4. The maximum absolute atomic E-state index is 5.24. The molecule has 0 unspecified atom stereocenters. The Bertz CT molecular complexity index is 3640. The van der Waals surface area contributed by atoms with Gasteiger partial charge in [0.25, 0.3) is 0 Å². The van der Waals surface area contributed by atoms with Crippen molar-refractivity contribution >= 4 is 98.7 Å². The molecule has 0 atom stereocenters. The van der Waals surface area contributed by atoms with Crippen molar-refractivity contribution in [3.63, 3.8) is 0 Å². The van der Waals surface area contributed by atoms with Crippen molar-refractivity contribution in [3.8, 4) is 5.69 Å². The van der Waals surface area contributed by atoms with Crippen LogP contribution in [0.25, 0.3) is 92.8 Å². The van der Waals surface area contributed by atoms with E-state index in [2.05, 4.69) is 150 Å². The lowest BCUT2D eigenvalue weighted by Crippen LogP contribution is -2.06. The van der Waals surface area contributed by atoms with Gasteiger partial charge in [-0.15, -0.1) is 0 Å². The molecule has 0 amide bonds. The smallest absolute Gasteiger partial charge is 0.160 e. The Balaban J connectivity index is 1.13. The van der Waals surface area contributed by atoms with E-state index in [1.54, 1.807) is 0 Å². The Morgan fingerprint density at radius 3 is 1.82 bits per heavy atom. The summed E-state index contributed by atoms with van der Waals surface area (Å²) in [7, 11) is 0. The molecule has 0 saturated carbocycles. The predicted molar refractivity (Wildman–Crippen MR) is 242 cm³/mol. The van der Waals surface area contributed by atoms with Gasteiger partial charge in [0.2, 0.25) is 0 Å². The highest BCUT2D eigenvalue weighted by atomic mass is 15.0. The number of fused-ring (bicyclic) bond motifs is 5. The molecule has 3 aromatic heterocycles. The topological polar surface area (TPSA) is 34.1 Å². The molecule has 0 saturated heterocycles. The number of amidine groups is 1. The Morgan fingerprint density at radius 1 is 0.439 bits per heavy atom. The second-order valence-electron chi connectivity index (χ2n) is 15.0. The summed E-state index contributed by atoms with van der Waals surface area (Å²) in [5.74, 6) is 0.630. The van der Waals surface area contributed by atoms with Gasteiger partial charge in [0.1, 0.15) is 0 Å². The van der Waals surface area contributed by atoms with Crippen LogP contribution in [0.3, 0.4) is 0 Å². The molecule has 0 fully saturated rings. The average molecular weight is 727 g/mol. The first-order valence-electron chi connectivity index (χ1n) is 19.5. The van der Waals surface area contributed by atoms with Gasteiger partial charge in [0.15, 0.2) is 5.84 Å². The molecule has 9 aromatic carbocycles. The summed E-state index contributed by atoms with van der Waals surface area (Å²) in [5, 5.41) is 12.6. The van der Waals surface area contributed by atoms with Crippen molar-refractivity contribution < 1.29 is 0 Å². The van der Waals surface area contributed by atoms with Crippen molar-refractivity contribution in [3.05, 3.63) is 199 Å². The average Bonchev–Trinajstić information content (AvgIpc) is 3.74. The molecule has 12 aromatic rings. The van der Waals surface area contributed by atoms with E-state index in [0.717, 1.165) is 38.9 Å². The molecule has 0 aliphatic rings. The van der Waals surface area contributed by atoms with Crippen molar-refractivity contribution in [2.75, 3.05) is 0 Å².